The topological polar surface area (TPSA) is 55.1 Å². The summed E-state index contributed by atoms with van der Waals surface area (Å²) in [5.74, 6) is 0.0524. The van der Waals surface area contributed by atoms with Crippen LogP contribution in [0.3, 0.4) is 0 Å². The van der Waals surface area contributed by atoms with E-state index in [9.17, 15) is 4.79 Å². The molecule has 1 atom stereocenters. The minimum atomic E-state index is -0.531. The Hall–Kier alpha value is -1.51. The Morgan fingerprint density at radius 2 is 1.88 bits per heavy atom. The average molecular weight is 234 g/mol. The van der Waals surface area contributed by atoms with Gasteiger partial charge in [0.15, 0.2) is 0 Å². The van der Waals surface area contributed by atoms with Crippen molar-refractivity contribution in [2.45, 2.75) is 45.6 Å². The van der Waals surface area contributed by atoms with Crippen molar-refractivity contribution in [3.8, 4) is 0 Å². The molecule has 1 aromatic carbocycles. The number of anilines is 1. The summed E-state index contributed by atoms with van der Waals surface area (Å²) in [4.78, 5) is 12.2. The number of nitrogen functional groups attached to an aromatic ring is 1. The number of rotatable bonds is 4. The van der Waals surface area contributed by atoms with E-state index in [2.05, 4.69) is 12.2 Å². The quantitative estimate of drug-likeness (QED) is 0.786. The van der Waals surface area contributed by atoms with Crippen molar-refractivity contribution in [1.29, 1.82) is 0 Å². The van der Waals surface area contributed by atoms with Crippen LogP contribution in [0.2, 0.25) is 0 Å². The number of carbonyl (C=O) groups excluding carboxylic acids is 1. The van der Waals surface area contributed by atoms with E-state index in [1.54, 1.807) is 0 Å². The maximum Gasteiger partial charge on any atom is 0.230 e. The van der Waals surface area contributed by atoms with Gasteiger partial charge in [0.1, 0.15) is 0 Å². The summed E-state index contributed by atoms with van der Waals surface area (Å²) in [6, 6.07) is 7.67. The first-order chi connectivity index (χ1) is 7.87. The van der Waals surface area contributed by atoms with Crippen LogP contribution >= 0.6 is 0 Å². The Bertz CT molecular complexity index is 382. The molecule has 0 spiro atoms. The van der Waals surface area contributed by atoms with Crippen LogP contribution in [-0.2, 0) is 10.2 Å². The van der Waals surface area contributed by atoms with Gasteiger partial charge in [0, 0.05) is 11.7 Å². The van der Waals surface area contributed by atoms with Crippen molar-refractivity contribution >= 4 is 11.6 Å². The van der Waals surface area contributed by atoms with Gasteiger partial charge in [0.05, 0.1) is 5.41 Å². The van der Waals surface area contributed by atoms with Crippen LogP contribution in [0.25, 0.3) is 0 Å². The third kappa shape index (κ3) is 3.22. The minimum Gasteiger partial charge on any atom is -0.399 e. The van der Waals surface area contributed by atoms with E-state index in [1.165, 1.54) is 0 Å². The molecule has 3 heteroatoms. The summed E-state index contributed by atoms with van der Waals surface area (Å²) >= 11 is 0. The van der Waals surface area contributed by atoms with E-state index >= 15 is 0 Å². The van der Waals surface area contributed by atoms with Crippen LogP contribution in [0.5, 0.6) is 0 Å². The molecule has 1 unspecified atom stereocenters. The van der Waals surface area contributed by atoms with Crippen LogP contribution in [0.1, 0.15) is 39.7 Å². The van der Waals surface area contributed by atoms with Crippen molar-refractivity contribution in [2.24, 2.45) is 0 Å². The smallest absolute Gasteiger partial charge is 0.230 e. The second-order valence-electron chi connectivity index (χ2n) is 5.03. The van der Waals surface area contributed by atoms with Gasteiger partial charge in [0.25, 0.3) is 0 Å². The number of hydrogen-bond donors (Lipinski definition) is 2. The highest BCUT2D eigenvalue weighted by Gasteiger charge is 2.30. The third-order valence-corrected chi connectivity index (χ3v) is 3.19. The normalized spacial score (nSPS) is 13.2. The van der Waals surface area contributed by atoms with E-state index in [1.807, 2.05) is 45.0 Å². The van der Waals surface area contributed by atoms with Crippen LogP contribution in [-0.4, -0.2) is 11.9 Å². The summed E-state index contributed by atoms with van der Waals surface area (Å²) in [6.07, 6.45) is 0.934. The predicted molar refractivity (Wildman–Crippen MR) is 71.8 cm³/mol. The highest BCUT2D eigenvalue weighted by Crippen LogP contribution is 2.24. The molecule has 0 radical (unpaired) electrons. The highest BCUT2D eigenvalue weighted by molar-refractivity contribution is 5.87. The fourth-order valence-corrected chi connectivity index (χ4v) is 1.54. The number of hydrogen-bond acceptors (Lipinski definition) is 2. The van der Waals surface area contributed by atoms with Gasteiger partial charge in [0.2, 0.25) is 5.91 Å². The second kappa shape index (κ2) is 5.21. The van der Waals surface area contributed by atoms with Gasteiger partial charge in [-0.05, 0) is 44.9 Å². The SMILES string of the molecule is CCC(C)NC(=O)C(C)(C)c1ccc(N)cc1. The number of benzene rings is 1. The Kier molecular flexibility index (Phi) is 4.16. The fraction of sp³-hybridized carbons (Fsp3) is 0.500. The molecular formula is C14H22N2O. The largest absolute Gasteiger partial charge is 0.399 e. The molecule has 0 saturated carbocycles. The fourth-order valence-electron chi connectivity index (χ4n) is 1.54. The monoisotopic (exact) mass is 234 g/mol. The molecule has 0 saturated heterocycles. The highest BCUT2D eigenvalue weighted by atomic mass is 16.2. The van der Waals surface area contributed by atoms with E-state index in [0.29, 0.717) is 5.69 Å². The van der Waals surface area contributed by atoms with Gasteiger partial charge >= 0.3 is 0 Å². The molecule has 0 fully saturated rings. The van der Waals surface area contributed by atoms with E-state index in [0.717, 1.165) is 12.0 Å². The van der Waals surface area contributed by atoms with Gasteiger partial charge < -0.3 is 11.1 Å². The van der Waals surface area contributed by atoms with Gasteiger partial charge in [-0.1, -0.05) is 19.1 Å². The second-order valence-corrected chi connectivity index (χ2v) is 5.03. The molecule has 0 aliphatic carbocycles. The first-order valence-electron chi connectivity index (χ1n) is 6.05. The molecule has 1 rings (SSSR count). The zero-order valence-corrected chi connectivity index (χ0v) is 11.1. The van der Waals surface area contributed by atoms with Crippen molar-refractivity contribution in [3.05, 3.63) is 29.8 Å². The van der Waals surface area contributed by atoms with Crippen molar-refractivity contribution in [1.82, 2.24) is 5.32 Å². The van der Waals surface area contributed by atoms with Crippen LogP contribution < -0.4 is 11.1 Å². The van der Waals surface area contributed by atoms with Crippen molar-refractivity contribution in [3.63, 3.8) is 0 Å². The van der Waals surface area contributed by atoms with E-state index < -0.39 is 5.41 Å². The first-order valence-corrected chi connectivity index (χ1v) is 6.05. The molecule has 0 bridgehead atoms. The molecule has 0 aromatic heterocycles. The van der Waals surface area contributed by atoms with Gasteiger partial charge in [-0.2, -0.15) is 0 Å². The van der Waals surface area contributed by atoms with Crippen molar-refractivity contribution in [2.75, 3.05) is 5.73 Å². The lowest BCUT2D eigenvalue weighted by Gasteiger charge is -2.26. The molecule has 17 heavy (non-hydrogen) atoms. The Balaban J connectivity index is 2.86. The van der Waals surface area contributed by atoms with Gasteiger partial charge in [-0.15, -0.1) is 0 Å². The lowest BCUT2D eigenvalue weighted by Crippen LogP contribution is -2.43. The molecule has 3 N–H and O–H groups in total. The molecular weight excluding hydrogens is 212 g/mol. The predicted octanol–water partition coefficient (Wildman–Crippen LogP) is 2.46. The summed E-state index contributed by atoms with van der Waals surface area (Å²) in [5, 5.41) is 3.01. The van der Waals surface area contributed by atoms with E-state index in [-0.39, 0.29) is 11.9 Å². The number of carbonyl (C=O) groups is 1. The number of nitrogens with one attached hydrogen (secondary N) is 1. The summed E-state index contributed by atoms with van der Waals surface area (Å²) in [5.41, 5.74) is 6.81. The standard InChI is InChI=1S/C14H22N2O/c1-5-10(2)16-13(17)14(3,4)11-6-8-12(15)9-7-11/h6-10H,5,15H2,1-4H3,(H,16,17). The summed E-state index contributed by atoms with van der Waals surface area (Å²) in [7, 11) is 0. The van der Waals surface area contributed by atoms with Crippen LogP contribution in [0, 0.1) is 0 Å². The summed E-state index contributed by atoms with van der Waals surface area (Å²) in [6.45, 7) is 7.92. The van der Waals surface area contributed by atoms with Crippen LogP contribution in [0.15, 0.2) is 24.3 Å². The Labute approximate surface area is 103 Å². The third-order valence-electron chi connectivity index (χ3n) is 3.19. The first kappa shape index (κ1) is 13.6. The zero-order chi connectivity index (χ0) is 13.1. The molecule has 94 valence electrons. The maximum atomic E-state index is 12.2. The zero-order valence-electron chi connectivity index (χ0n) is 11.1. The Morgan fingerprint density at radius 3 is 2.35 bits per heavy atom. The summed E-state index contributed by atoms with van der Waals surface area (Å²) < 4.78 is 0. The lowest BCUT2D eigenvalue weighted by molar-refractivity contribution is -0.126. The molecule has 0 aliphatic heterocycles. The number of amides is 1. The van der Waals surface area contributed by atoms with Crippen LogP contribution in [0.4, 0.5) is 5.69 Å². The van der Waals surface area contributed by atoms with E-state index in [4.69, 9.17) is 5.73 Å². The molecule has 1 amide bonds. The Morgan fingerprint density at radius 1 is 1.35 bits per heavy atom. The van der Waals surface area contributed by atoms with Crippen molar-refractivity contribution < 1.29 is 4.79 Å². The minimum absolute atomic E-state index is 0.0524. The molecule has 0 aliphatic rings. The average Bonchev–Trinajstić information content (AvgIpc) is 2.29. The molecule has 0 heterocycles. The molecule has 3 nitrogen and oxygen atoms in total. The van der Waals surface area contributed by atoms with Gasteiger partial charge in [-0.3, -0.25) is 4.79 Å². The lowest BCUT2D eigenvalue weighted by atomic mass is 9.83. The number of nitrogens with two attached hydrogens (primary N) is 1. The van der Waals surface area contributed by atoms with Gasteiger partial charge in [-0.25, -0.2) is 0 Å². The maximum absolute atomic E-state index is 12.2. The molecule has 1 aromatic rings.